The summed E-state index contributed by atoms with van der Waals surface area (Å²) in [4.78, 5) is 2.41. The van der Waals surface area contributed by atoms with Gasteiger partial charge in [0.25, 0.3) is 0 Å². The largest absolute Gasteiger partial charge is 0.494 e. The van der Waals surface area contributed by atoms with Gasteiger partial charge in [0.05, 0.1) is 6.61 Å². The van der Waals surface area contributed by atoms with Crippen molar-refractivity contribution in [3.8, 4) is 5.75 Å². The Morgan fingerprint density at radius 1 is 1.18 bits per heavy atom. The van der Waals surface area contributed by atoms with Crippen molar-refractivity contribution in [3.63, 3.8) is 0 Å². The molecule has 1 aliphatic rings. The van der Waals surface area contributed by atoms with Crippen molar-refractivity contribution in [1.82, 2.24) is 4.90 Å². The summed E-state index contributed by atoms with van der Waals surface area (Å²) in [7, 11) is 2.20. The number of nitrogens with zero attached hydrogens (tertiary/aromatic N) is 1. The molecule has 1 heterocycles. The van der Waals surface area contributed by atoms with Gasteiger partial charge >= 0.3 is 0 Å². The zero-order chi connectivity index (χ0) is 11.4. The number of benzene rings is 1. The topological polar surface area (TPSA) is 12.5 Å². The molecule has 0 N–H and O–H groups in total. The Morgan fingerprint density at radius 3 is 2.29 bits per heavy atom. The van der Waals surface area contributed by atoms with Gasteiger partial charge in [0.15, 0.2) is 0 Å². The number of hydrogen-bond acceptors (Lipinski definition) is 2. The van der Waals surface area contributed by atoms with Crippen LogP contribution >= 0.6 is 12.4 Å². The minimum atomic E-state index is 0. The van der Waals surface area contributed by atoms with Crippen LogP contribution in [0.1, 0.15) is 31.2 Å². The molecular weight excluding hydrogens is 234 g/mol. The third kappa shape index (κ3) is 3.90. The molecule has 1 aliphatic heterocycles. The molecule has 96 valence electrons. The smallest absolute Gasteiger partial charge is 0.119 e. The molecule has 1 fully saturated rings. The molecule has 1 aromatic carbocycles. The summed E-state index contributed by atoms with van der Waals surface area (Å²) in [5.74, 6) is 1.73. The summed E-state index contributed by atoms with van der Waals surface area (Å²) < 4.78 is 5.46. The van der Waals surface area contributed by atoms with Crippen molar-refractivity contribution in [3.05, 3.63) is 29.8 Å². The Morgan fingerprint density at radius 2 is 1.76 bits per heavy atom. The van der Waals surface area contributed by atoms with Crippen LogP contribution in [0.25, 0.3) is 0 Å². The van der Waals surface area contributed by atoms with Crippen LogP contribution < -0.4 is 4.74 Å². The van der Waals surface area contributed by atoms with E-state index >= 15 is 0 Å². The molecule has 0 atom stereocenters. The summed E-state index contributed by atoms with van der Waals surface area (Å²) in [5.41, 5.74) is 1.47. The van der Waals surface area contributed by atoms with Crippen LogP contribution in [0.5, 0.6) is 5.75 Å². The maximum Gasteiger partial charge on any atom is 0.119 e. The monoisotopic (exact) mass is 255 g/mol. The molecule has 0 saturated carbocycles. The predicted octanol–water partition coefficient (Wildman–Crippen LogP) is 3.32. The van der Waals surface area contributed by atoms with Crippen LogP contribution in [0.15, 0.2) is 24.3 Å². The second kappa shape index (κ2) is 6.87. The van der Waals surface area contributed by atoms with Gasteiger partial charge in [0.2, 0.25) is 0 Å². The average molecular weight is 256 g/mol. The standard InChI is InChI=1S/C14H21NO.ClH/c1-3-16-14-6-4-12(5-7-14)13-8-10-15(2)11-9-13;/h4-7,13H,3,8-11H2,1-2H3;1H. The Balaban J connectivity index is 0.00000144. The molecule has 1 aromatic rings. The lowest BCUT2D eigenvalue weighted by Crippen LogP contribution is -2.29. The van der Waals surface area contributed by atoms with Gasteiger partial charge in [-0.05, 0) is 63.5 Å². The molecule has 0 aromatic heterocycles. The molecule has 1 saturated heterocycles. The minimum absolute atomic E-state index is 0. The summed E-state index contributed by atoms with van der Waals surface area (Å²) in [6, 6.07) is 8.64. The highest BCUT2D eigenvalue weighted by atomic mass is 35.5. The molecule has 0 amide bonds. The van der Waals surface area contributed by atoms with Crippen molar-refractivity contribution in [2.24, 2.45) is 0 Å². The molecule has 3 heteroatoms. The number of halogens is 1. The predicted molar refractivity (Wildman–Crippen MR) is 74.3 cm³/mol. The first-order valence-corrected chi connectivity index (χ1v) is 6.21. The van der Waals surface area contributed by atoms with Crippen molar-refractivity contribution in [2.45, 2.75) is 25.7 Å². The van der Waals surface area contributed by atoms with Crippen molar-refractivity contribution in [1.29, 1.82) is 0 Å². The van der Waals surface area contributed by atoms with Gasteiger partial charge in [0, 0.05) is 0 Å². The Labute approximate surface area is 110 Å². The lowest BCUT2D eigenvalue weighted by molar-refractivity contribution is 0.255. The highest BCUT2D eigenvalue weighted by Gasteiger charge is 2.17. The first-order valence-electron chi connectivity index (χ1n) is 6.21. The number of likely N-dealkylation sites (tertiary alicyclic amines) is 1. The van der Waals surface area contributed by atoms with Gasteiger partial charge in [-0.1, -0.05) is 12.1 Å². The van der Waals surface area contributed by atoms with E-state index in [2.05, 4.69) is 36.2 Å². The fraction of sp³-hybridized carbons (Fsp3) is 0.571. The molecule has 0 unspecified atom stereocenters. The lowest BCUT2D eigenvalue weighted by atomic mass is 9.90. The van der Waals surface area contributed by atoms with Crippen LogP contribution in [0, 0.1) is 0 Å². The molecule has 2 nitrogen and oxygen atoms in total. The quantitative estimate of drug-likeness (QED) is 0.822. The van der Waals surface area contributed by atoms with Crippen molar-refractivity contribution in [2.75, 3.05) is 26.7 Å². The Kier molecular flexibility index (Phi) is 5.79. The van der Waals surface area contributed by atoms with E-state index in [0.717, 1.165) is 18.3 Å². The Hall–Kier alpha value is -0.730. The molecule has 2 rings (SSSR count). The molecule has 0 bridgehead atoms. The summed E-state index contributed by atoms with van der Waals surface area (Å²) >= 11 is 0. The lowest BCUT2D eigenvalue weighted by Gasteiger charge is -2.29. The molecule has 17 heavy (non-hydrogen) atoms. The summed E-state index contributed by atoms with van der Waals surface area (Å²) in [6.07, 6.45) is 2.56. The van der Waals surface area contributed by atoms with Crippen LogP contribution in [0.4, 0.5) is 0 Å². The van der Waals surface area contributed by atoms with Crippen LogP contribution in [-0.2, 0) is 0 Å². The number of ether oxygens (including phenoxy) is 1. The van der Waals surface area contributed by atoms with Crippen LogP contribution in [-0.4, -0.2) is 31.6 Å². The van der Waals surface area contributed by atoms with Crippen molar-refractivity contribution >= 4 is 12.4 Å². The Bertz CT molecular complexity index is 317. The fourth-order valence-electron chi connectivity index (χ4n) is 2.34. The van der Waals surface area contributed by atoms with Crippen molar-refractivity contribution < 1.29 is 4.74 Å². The van der Waals surface area contributed by atoms with E-state index in [1.54, 1.807) is 0 Å². The average Bonchev–Trinajstić information content (AvgIpc) is 2.32. The van der Waals surface area contributed by atoms with Crippen LogP contribution in [0.3, 0.4) is 0 Å². The second-order valence-corrected chi connectivity index (χ2v) is 4.58. The number of rotatable bonds is 3. The summed E-state index contributed by atoms with van der Waals surface area (Å²) in [6.45, 7) is 5.20. The van der Waals surface area contributed by atoms with E-state index in [4.69, 9.17) is 4.74 Å². The molecule has 0 radical (unpaired) electrons. The highest BCUT2D eigenvalue weighted by molar-refractivity contribution is 5.85. The van der Waals surface area contributed by atoms with E-state index in [-0.39, 0.29) is 12.4 Å². The van der Waals surface area contributed by atoms with E-state index < -0.39 is 0 Å². The maximum atomic E-state index is 5.46. The third-order valence-corrected chi connectivity index (χ3v) is 3.38. The van der Waals surface area contributed by atoms with Gasteiger partial charge in [-0.15, -0.1) is 12.4 Å². The van der Waals surface area contributed by atoms with E-state index in [1.807, 2.05) is 6.92 Å². The van der Waals surface area contributed by atoms with Crippen LogP contribution in [0.2, 0.25) is 0 Å². The first-order chi connectivity index (χ1) is 7.79. The second-order valence-electron chi connectivity index (χ2n) is 4.58. The normalized spacial score (nSPS) is 17.5. The van der Waals surface area contributed by atoms with Gasteiger partial charge in [-0.2, -0.15) is 0 Å². The summed E-state index contributed by atoms with van der Waals surface area (Å²) in [5, 5.41) is 0. The van der Waals surface area contributed by atoms with Gasteiger partial charge in [0.1, 0.15) is 5.75 Å². The highest BCUT2D eigenvalue weighted by Crippen LogP contribution is 2.28. The van der Waals surface area contributed by atoms with Gasteiger partial charge < -0.3 is 9.64 Å². The zero-order valence-electron chi connectivity index (χ0n) is 10.7. The van der Waals surface area contributed by atoms with E-state index in [1.165, 1.54) is 31.5 Å². The fourth-order valence-corrected chi connectivity index (χ4v) is 2.34. The van der Waals surface area contributed by atoms with E-state index in [9.17, 15) is 0 Å². The maximum absolute atomic E-state index is 5.46. The van der Waals surface area contributed by atoms with Gasteiger partial charge in [-0.3, -0.25) is 0 Å². The number of hydrogen-bond donors (Lipinski definition) is 0. The molecule has 0 aliphatic carbocycles. The third-order valence-electron chi connectivity index (χ3n) is 3.38. The number of piperidine rings is 1. The molecular formula is C14H22ClNO. The first kappa shape index (κ1) is 14.3. The minimum Gasteiger partial charge on any atom is -0.494 e. The van der Waals surface area contributed by atoms with Gasteiger partial charge in [-0.25, -0.2) is 0 Å². The SMILES string of the molecule is CCOc1ccc(C2CCN(C)CC2)cc1.Cl. The van der Waals surface area contributed by atoms with E-state index in [0.29, 0.717) is 0 Å². The molecule has 0 spiro atoms. The zero-order valence-corrected chi connectivity index (χ0v) is 11.5.